The molecule has 140 valence electrons. The summed E-state index contributed by atoms with van der Waals surface area (Å²) in [7, 11) is 1.74. The molecule has 0 aromatic heterocycles. The van der Waals surface area contributed by atoms with Gasteiger partial charge in [-0.1, -0.05) is 18.2 Å². The van der Waals surface area contributed by atoms with Crippen molar-refractivity contribution in [3.8, 4) is 0 Å². The number of nitrogens with zero attached hydrogens (tertiary/aromatic N) is 1. The molecule has 3 N–H and O–H groups in total. The topological polar surface area (TPSA) is 74.8 Å². The van der Waals surface area contributed by atoms with E-state index in [2.05, 4.69) is 20.9 Å². The fraction of sp³-hybridized carbons (Fsp3) is 0.556. The van der Waals surface area contributed by atoms with E-state index < -0.39 is 0 Å². The van der Waals surface area contributed by atoms with E-state index in [0.717, 1.165) is 38.1 Å². The summed E-state index contributed by atoms with van der Waals surface area (Å²) in [6.45, 7) is 3.68. The molecule has 0 aliphatic heterocycles. The van der Waals surface area contributed by atoms with E-state index in [4.69, 9.17) is 4.74 Å². The summed E-state index contributed by atoms with van der Waals surface area (Å²) in [5, 5.41) is 9.29. The lowest BCUT2D eigenvalue weighted by Gasteiger charge is -2.12. The highest BCUT2D eigenvalue weighted by Crippen LogP contribution is 2.28. The summed E-state index contributed by atoms with van der Waals surface area (Å²) in [6.07, 6.45) is 3.61. The van der Waals surface area contributed by atoms with Crippen molar-refractivity contribution in [1.82, 2.24) is 16.0 Å². The average Bonchev–Trinajstić information content (AvgIpc) is 3.44. The number of benzene rings is 1. The molecule has 0 bridgehead atoms. The molecule has 1 aromatic rings. The first-order valence-corrected chi connectivity index (χ1v) is 8.65. The molecule has 0 saturated heterocycles. The molecule has 7 heteroatoms. The SMILES string of the molecule is CN=C(NCCCOCC1CC1)NCCNC(=O)c1ccccc1.I. The average molecular weight is 460 g/mol. The maximum absolute atomic E-state index is 11.9. The van der Waals surface area contributed by atoms with Crippen molar-refractivity contribution in [1.29, 1.82) is 0 Å². The van der Waals surface area contributed by atoms with Crippen LogP contribution in [0, 0.1) is 5.92 Å². The van der Waals surface area contributed by atoms with Gasteiger partial charge in [0, 0.05) is 45.5 Å². The van der Waals surface area contributed by atoms with E-state index in [1.807, 2.05) is 18.2 Å². The number of amides is 1. The van der Waals surface area contributed by atoms with Crippen LogP contribution in [0.4, 0.5) is 0 Å². The maximum atomic E-state index is 11.9. The number of hydrogen-bond donors (Lipinski definition) is 3. The molecule has 0 spiro atoms. The second kappa shape index (κ2) is 12.9. The second-order valence-corrected chi connectivity index (χ2v) is 5.92. The summed E-state index contributed by atoms with van der Waals surface area (Å²) < 4.78 is 5.59. The van der Waals surface area contributed by atoms with Gasteiger partial charge < -0.3 is 20.7 Å². The summed E-state index contributed by atoms with van der Waals surface area (Å²) in [5.74, 6) is 1.50. The normalized spacial score (nSPS) is 13.7. The predicted octanol–water partition coefficient (Wildman–Crippen LogP) is 2.02. The zero-order valence-electron chi connectivity index (χ0n) is 14.8. The van der Waals surface area contributed by atoms with Gasteiger partial charge >= 0.3 is 0 Å². The molecule has 1 saturated carbocycles. The molecule has 1 amide bonds. The van der Waals surface area contributed by atoms with Crippen LogP contribution in [0.2, 0.25) is 0 Å². The van der Waals surface area contributed by atoms with E-state index >= 15 is 0 Å². The van der Waals surface area contributed by atoms with Crippen molar-refractivity contribution in [2.75, 3.05) is 39.9 Å². The fourth-order valence-electron chi connectivity index (χ4n) is 2.18. The number of ether oxygens (including phenoxy) is 1. The molecular formula is C18H29IN4O2. The monoisotopic (exact) mass is 460 g/mol. The molecule has 1 aliphatic carbocycles. The van der Waals surface area contributed by atoms with Crippen molar-refractivity contribution < 1.29 is 9.53 Å². The van der Waals surface area contributed by atoms with Gasteiger partial charge in [0.1, 0.15) is 0 Å². The van der Waals surface area contributed by atoms with Crippen molar-refractivity contribution in [3.05, 3.63) is 35.9 Å². The Balaban J connectivity index is 0.00000312. The number of guanidine groups is 1. The summed E-state index contributed by atoms with van der Waals surface area (Å²) in [5.41, 5.74) is 0.672. The zero-order valence-corrected chi connectivity index (χ0v) is 17.1. The lowest BCUT2D eigenvalue weighted by atomic mass is 10.2. The molecule has 0 atom stereocenters. The minimum atomic E-state index is -0.0619. The predicted molar refractivity (Wildman–Crippen MR) is 112 cm³/mol. The minimum Gasteiger partial charge on any atom is -0.381 e. The minimum absolute atomic E-state index is 0. The van der Waals surface area contributed by atoms with E-state index in [1.54, 1.807) is 19.2 Å². The van der Waals surface area contributed by atoms with Gasteiger partial charge in [0.25, 0.3) is 5.91 Å². The second-order valence-electron chi connectivity index (χ2n) is 5.92. The lowest BCUT2D eigenvalue weighted by molar-refractivity contribution is 0.0954. The molecule has 2 rings (SSSR count). The first-order chi connectivity index (χ1) is 11.8. The number of rotatable bonds is 10. The highest BCUT2D eigenvalue weighted by atomic mass is 127. The Kier molecular flexibility index (Phi) is 11.2. The van der Waals surface area contributed by atoms with Crippen LogP contribution in [0.25, 0.3) is 0 Å². The fourth-order valence-corrected chi connectivity index (χ4v) is 2.18. The van der Waals surface area contributed by atoms with Crippen molar-refractivity contribution >= 4 is 35.8 Å². The molecule has 0 radical (unpaired) electrons. The number of carbonyl (C=O) groups excluding carboxylic acids is 1. The maximum Gasteiger partial charge on any atom is 0.251 e. The number of nitrogens with one attached hydrogen (secondary N) is 3. The molecule has 25 heavy (non-hydrogen) atoms. The third kappa shape index (κ3) is 9.64. The van der Waals surface area contributed by atoms with Crippen LogP contribution in [0.5, 0.6) is 0 Å². The van der Waals surface area contributed by atoms with Crippen LogP contribution in [0.3, 0.4) is 0 Å². The van der Waals surface area contributed by atoms with E-state index in [1.165, 1.54) is 12.8 Å². The lowest BCUT2D eigenvalue weighted by Crippen LogP contribution is -2.42. The van der Waals surface area contributed by atoms with Crippen LogP contribution < -0.4 is 16.0 Å². The van der Waals surface area contributed by atoms with Crippen LogP contribution in [-0.2, 0) is 4.74 Å². The Morgan fingerprint density at radius 2 is 1.80 bits per heavy atom. The Bertz CT molecular complexity index is 521. The molecule has 1 aliphatic rings. The van der Waals surface area contributed by atoms with Crippen LogP contribution in [0.1, 0.15) is 29.6 Å². The Hall–Kier alpha value is -1.35. The first-order valence-electron chi connectivity index (χ1n) is 8.65. The van der Waals surface area contributed by atoms with Crippen molar-refractivity contribution in [2.45, 2.75) is 19.3 Å². The standard InChI is InChI=1S/C18H28N4O2.HI/c1-19-18(21-10-5-13-24-14-15-8-9-15)22-12-11-20-17(23)16-6-3-2-4-7-16;/h2-4,6-7,15H,5,8-14H2,1H3,(H,20,23)(H2,19,21,22);1H. The molecule has 0 unspecified atom stereocenters. The van der Waals surface area contributed by atoms with E-state index in [9.17, 15) is 4.79 Å². The molecule has 6 nitrogen and oxygen atoms in total. The van der Waals surface area contributed by atoms with Gasteiger partial charge in [-0.25, -0.2) is 0 Å². The largest absolute Gasteiger partial charge is 0.381 e. The smallest absolute Gasteiger partial charge is 0.251 e. The zero-order chi connectivity index (χ0) is 17.0. The highest BCUT2D eigenvalue weighted by molar-refractivity contribution is 14.0. The highest BCUT2D eigenvalue weighted by Gasteiger charge is 2.20. The van der Waals surface area contributed by atoms with Crippen LogP contribution in [0.15, 0.2) is 35.3 Å². The number of hydrogen-bond acceptors (Lipinski definition) is 3. The molecular weight excluding hydrogens is 431 g/mol. The van der Waals surface area contributed by atoms with Crippen LogP contribution in [-0.4, -0.2) is 51.8 Å². The van der Waals surface area contributed by atoms with Gasteiger partial charge in [-0.05, 0) is 37.3 Å². The van der Waals surface area contributed by atoms with Gasteiger partial charge in [0.15, 0.2) is 5.96 Å². The summed E-state index contributed by atoms with van der Waals surface area (Å²) in [4.78, 5) is 16.0. The van der Waals surface area contributed by atoms with Gasteiger partial charge in [-0.2, -0.15) is 0 Å². The van der Waals surface area contributed by atoms with Gasteiger partial charge in [-0.3, -0.25) is 9.79 Å². The number of halogens is 1. The Morgan fingerprint density at radius 3 is 2.48 bits per heavy atom. The van der Waals surface area contributed by atoms with Crippen LogP contribution >= 0.6 is 24.0 Å². The van der Waals surface area contributed by atoms with E-state index in [0.29, 0.717) is 18.7 Å². The first kappa shape index (κ1) is 21.7. The number of carbonyl (C=O) groups is 1. The van der Waals surface area contributed by atoms with Gasteiger partial charge in [-0.15, -0.1) is 24.0 Å². The Labute approximate surface area is 167 Å². The van der Waals surface area contributed by atoms with Crippen molar-refractivity contribution in [2.24, 2.45) is 10.9 Å². The molecule has 1 aromatic carbocycles. The molecule has 0 heterocycles. The quantitative estimate of drug-likeness (QED) is 0.216. The molecule has 1 fully saturated rings. The van der Waals surface area contributed by atoms with Gasteiger partial charge in [0.05, 0.1) is 0 Å². The number of aliphatic imine (C=N–C) groups is 1. The Morgan fingerprint density at radius 1 is 1.12 bits per heavy atom. The van der Waals surface area contributed by atoms with Gasteiger partial charge in [0.2, 0.25) is 0 Å². The third-order valence-corrected chi connectivity index (χ3v) is 3.77. The van der Waals surface area contributed by atoms with Crippen molar-refractivity contribution in [3.63, 3.8) is 0 Å². The third-order valence-electron chi connectivity index (χ3n) is 3.77. The van der Waals surface area contributed by atoms with E-state index in [-0.39, 0.29) is 29.9 Å². The summed E-state index contributed by atoms with van der Waals surface area (Å²) in [6, 6.07) is 9.20. The summed E-state index contributed by atoms with van der Waals surface area (Å²) >= 11 is 0.